The van der Waals surface area contributed by atoms with Crippen LogP contribution in [-0.4, -0.2) is 182 Å². The number of methoxy groups -OCH3 is 2. The van der Waals surface area contributed by atoms with Gasteiger partial charge in [0.2, 0.25) is 5.79 Å². The van der Waals surface area contributed by atoms with E-state index in [0.717, 1.165) is 5.57 Å². The minimum atomic E-state index is -2.47. The molecule has 3 heterocycles. The highest BCUT2D eigenvalue weighted by molar-refractivity contribution is 6.39. The highest BCUT2D eigenvalue weighted by atomic mass is 16.6. The van der Waals surface area contributed by atoms with Crippen LogP contribution in [0.3, 0.4) is 0 Å². The number of carbonyl (C=O) groups is 5. The Labute approximate surface area is 462 Å². The van der Waals surface area contributed by atoms with Gasteiger partial charge in [0, 0.05) is 70.2 Å². The molecule has 0 aromatic carbocycles. The number of alkyl carbamates (subject to hydrolysis) is 1. The van der Waals surface area contributed by atoms with Crippen molar-refractivity contribution in [2.75, 3.05) is 67.0 Å². The number of ether oxygens (including phenoxy) is 8. The van der Waals surface area contributed by atoms with Gasteiger partial charge in [0.25, 0.3) is 11.7 Å². The third-order valence-corrected chi connectivity index (χ3v) is 15.9. The number of Topliss-reactive ketones (excluding diaryl/α,β-unsaturated/α-hetero) is 2. The Morgan fingerprint density at radius 1 is 0.846 bits per heavy atom. The van der Waals surface area contributed by atoms with Crippen molar-refractivity contribution in [3.05, 3.63) is 47.7 Å². The van der Waals surface area contributed by atoms with E-state index < -0.39 is 114 Å². The van der Waals surface area contributed by atoms with E-state index in [1.807, 2.05) is 58.1 Å². The molecule has 2 saturated heterocycles. The van der Waals surface area contributed by atoms with Gasteiger partial charge >= 0.3 is 12.1 Å². The summed E-state index contributed by atoms with van der Waals surface area (Å²) in [5, 5.41) is 48.8. The fourth-order valence-corrected chi connectivity index (χ4v) is 11.0. The molecule has 16 atom stereocenters. The average molecular weight is 1110 g/mol. The first-order chi connectivity index (χ1) is 37.1. The lowest BCUT2D eigenvalue weighted by Crippen LogP contribution is -2.61. The van der Waals surface area contributed by atoms with Gasteiger partial charge < -0.3 is 74.3 Å². The maximum absolute atomic E-state index is 14.6. The Morgan fingerprint density at radius 2 is 1.55 bits per heavy atom. The van der Waals surface area contributed by atoms with E-state index in [0.29, 0.717) is 90.8 Å². The Morgan fingerprint density at radius 3 is 2.24 bits per heavy atom. The van der Waals surface area contributed by atoms with Crippen molar-refractivity contribution in [1.29, 1.82) is 0 Å². The number of allylic oxidation sites excluding steroid dienone is 5. The van der Waals surface area contributed by atoms with Crippen LogP contribution in [0.2, 0.25) is 0 Å². The third-order valence-electron chi connectivity index (χ3n) is 15.9. The van der Waals surface area contributed by atoms with Gasteiger partial charge in [0.15, 0.2) is 5.78 Å². The number of nitrogens with one attached hydrogen (secondary N) is 1. The number of nitrogens with zero attached hydrogens (tertiary/aromatic N) is 1. The molecule has 4 aliphatic rings. The van der Waals surface area contributed by atoms with Gasteiger partial charge in [0.1, 0.15) is 30.5 Å². The molecular formula is C58H95N3O17. The standard InChI is InChI=1S/C58H95N3O17/c1-10-73-26-27-75-29-28-74-25-23-60-57(69)77-47-22-20-42(33-50(47)72-9)31-39(5)49-35-46(62)38(4)32-44(59)52(64)53(65)51(63)40(6)30-36(2)16-12-11-13-17-37(3)48(71-8)34-43-21-19-41(7)58(70,78-43)54(66)55(67)61-24-15-14-18-45(61)56(68)76-49/h11-13,16-17,32,36,38-43,45-50,52-53,62,64-65,70H,10,14-15,18-31,33-35,59H2,1-9H3,(H,60,69)/b13-11+,16-12+,37-17+,44-32-/t36-,38-,39-,40-,41-,42+,43+,45+,46?,47-,48+,49+,50-,52-,53+,58-/m1/s1. The lowest BCUT2D eigenvalue weighted by Gasteiger charge is -2.43. The Balaban J connectivity index is 1.56. The van der Waals surface area contributed by atoms with Crippen molar-refractivity contribution < 1.29 is 82.3 Å². The number of aliphatic hydroxyl groups is 4. The van der Waals surface area contributed by atoms with Crippen molar-refractivity contribution >= 4 is 29.5 Å². The van der Waals surface area contributed by atoms with Crippen LogP contribution in [0.4, 0.5) is 4.79 Å². The molecule has 0 aromatic heterocycles. The van der Waals surface area contributed by atoms with E-state index in [2.05, 4.69) is 5.32 Å². The Kier molecular flexibility index (Phi) is 28.6. The number of amides is 2. The van der Waals surface area contributed by atoms with Crippen molar-refractivity contribution in [2.24, 2.45) is 41.2 Å². The molecule has 1 saturated carbocycles. The van der Waals surface area contributed by atoms with Crippen molar-refractivity contribution in [1.82, 2.24) is 10.2 Å². The molecule has 4 rings (SSSR count). The molecule has 1 aliphatic carbocycles. The van der Waals surface area contributed by atoms with Crippen molar-refractivity contribution in [3.8, 4) is 0 Å². The number of hydrogen-bond donors (Lipinski definition) is 6. The smallest absolute Gasteiger partial charge is 0.407 e. The molecule has 20 heteroatoms. The molecule has 20 nitrogen and oxygen atoms in total. The van der Waals surface area contributed by atoms with Gasteiger partial charge in [0.05, 0.1) is 57.5 Å². The second-order valence-electron chi connectivity index (χ2n) is 22.1. The van der Waals surface area contributed by atoms with Gasteiger partial charge in [-0.25, -0.2) is 9.59 Å². The van der Waals surface area contributed by atoms with E-state index in [-0.39, 0.29) is 56.5 Å². The van der Waals surface area contributed by atoms with Gasteiger partial charge in [-0.15, -0.1) is 0 Å². The third kappa shape index (κ3) is 20.2. The molecule has 0 spiro atoms. The monoisotopic (exact) mass is 1110 g/mol. The number of carbonyl (C=O) groups excluding carboxylic acids is 5. The molecular weight excluding hydrogens is 1010 g/mol. The summed E-state index contributed by atoms with van der Waals surface area (Å²) in [5.41, 5.74) is 6.95. The SMILES string of the molecule is CCOCCOCCOCCNC(=O)O[C@@H]1CC[C@@H](C[C@@H](C)[C@@H]2CC(O)[C@H](C)/C=C(\N)[C@@H](O)[C@@H](O)C(=O)[C@H](C)C[C@H](C)/C=C/C=C/C=C(\C)[C@@H](OC)C[C@@H]3CC[C@@H](C)[C@@](O)(O3)C(=O)C(=O)N3CCCC[C@H]3C(=O)O2)C[C@H]1OC. The summed E-state index contributed by atoms with van der Waals surface area (Å²) in [4.78, 5) is 70.7. The maximum atomic E-state index is 14.6. The van der Waals surface area contributed by atoms with Gasteiger partial charge in [-0.05, 0) is 101 Å². The number of aliphatic hydroxyl groups excluding tert-OH is 3. The van der Waals surface area contributed by atoms with Crippen molar-refractivity contribution in [3.63, 3.8) is 0 Å². The molecule has 3 fully saturated rings. The summed E-state index contributed by atoms with van der Waals surface area (Å²) >= 11 is 0. The first-order valence-corrected chi connectivity index (χ1v) is 28.4. The van der Waals surface area contributed by atoms with Gasteiger partial charge in [-0.3, -0.25) is 14.4 Å². The lowest BCUT2D eigenvalue weighted by atomic mass is 9.78. The van der Waals surface area contributed by atoms with Gasteiger partial charge in [-0.2, -0.15) is 0 Å². The summed E-state index contributed by atoms with van der Waals surface area (Å²) in [7, 11) is 3.11. The predicted octanol–water partition coefficient (Wildman–Crippen LogP) is 5.02. The number of hydrogen-bond acceptors (Lipinski definition) is 18. The van der Waals surface area contributed by atoms with E-state index in [9.17, 15) is 44.4 Å². The summed E-state index contributed by atoms with van der Waals surface area (Å²) in [5.74, 6) is -8.68. The largest absolute Gasteiger partial charge is 0.460 e. The van der Waals surface area contributed by atoms with Crippen molar-refractivity contribution in [2.45, 2.75) is 186 Å². The summed E-state index contributed by atoms with van der Waals surface area (Å²) in [6.07, 6.45) is 7.04. The second-order valence-corrected chi connectivity index (χ2v) is 22.1. The summed E-state index contributed by atoms with van der Waals surface area (Å²) in [6, 6.07) is -1.19. The summed E-state index contributed by atoms with van der Waals surface area (Å²) in [6.45, 7) is 15.6. The quantitative estimate of drug-likeness (QED) is 0.0672. The highest BCUT2D eigenvalue weighted by Gasteiger charge is 2.53. The van der Waals surface area contributed by atoms with Crippen LogP contribution in [0.25, 0.3) is 0 Å². The van der Waals surface area contributed by atoms with E-state index >= 15 is 0 Å². The van der Waals surface area contributed by atoms with Crippen LogP contribution >= 0.6 is 0 Å². The Hall–Kier alpha value is -4.09. The first kappa shape index (κ1) is 66.4. The maximum Gasteiger partial charge on any atom is 0.407 e. The van der Waals surface area contributed by atoms with Crippen LogP contribution in [0.5, 0.6) is 0 Å². The zero-order valence-corrected chi connectivity index (χ0v) is 47.9. The number of cyclic esters (lactones) is 1. The molecule has 1 unspecified atom stereocenters. The molecule has 3 aliphatic heterocycles. The molecule has 0 radical (unpaired) electrons. The summed E-state index contributed by atoms with van der Waals surface area (Å²) < 4.78 is 46.2. The Bertz CT molecular complexity index is 2020. The van der Waals surface area contributed by atoms with Crippen LogP contribution < -0.4 is 11.1 Å². The second kappa shape index (κ2) is 33.6. The minimum Gasteiger partial charge on any atom is -0.460 e. The number of rotatable bonds is 16. The normalized spacial score (nSPS) is 36.4. The minimum absolute atomic E-state index is 0.00868. The fraction of sp³-hybridized carbons (Fsp3) is 0.776. The van der Waals surface area contributed by atoms with Crippen LogP contribution in [-0.2, 0) is 57.1 Å². The number of ketones is 2. The topological polar surface area (TPSA) is 281 Å². The number of piperidine rings is 1. The first-order valence-electron chi connectivity index (χ1n) is 28.4. The number of esters is 1. The highest BCUT2D eigenvalue weighted by Crippen LogP contribution is 2.38. The zero-order chi connectivity index (χ0) is 57.5. The predicted molar refractivity (Wildman–Crippen MR) is 290 cm³/mol. The molecule has 7 N–H and O–H groups in total. The molecule has 78 heavy (non-hydrogen) atoms. The lowest BCUT2D eigenvalue weighted by molar-refractivity contribution is -0.265. The van der Waals surface area contributed by atoms with E-state index in [1.165, 1.54) is 11.0 Å². The van der Waals surface area contributed by atoms with Crippen LogP contribution in [0.15, 0.2) is 47.7 Å². The van der Waals surface area contributed by atoms with E-state index in [4.69, 9.17) is 43.6 Å². The molecule has 2 amide bonds. The van der Waals surface area contributed by atoms with Crippen LogP contribution in [0, 0.1) is 35.5 Å². The molecule has 444 valence electrons. The number of nitrogens with two attached hydrogens (primary N) is 1. The zero-order valence-electron chi connectivity index (χ0n) is 47.9. The van der Waals surface area contributed by atoms with Gasteiger partial charge in [-0.1, -0.05) is 71.1 Å². The molecule has 2 bridgehead atoms. The van der Waals surface area contributed by atoms with Crippen LogP contribution in [0.1, 0.15) is 126 Å². The molecule has 0 aromatic rings. The average Bonchev–Trinajstić information content (AvgIpc) is 3.51. The number of fused-ring (bicyclic) bond motifs is 3. The van der Waals surface area contributed by atoms with E-state index in [1.54, 1.807) is 35.0 Å². The fourth-order valence-electron chi connectivity index (χ4n) is 11.0.